The molecule has 2 heteroatoms. The van der Waals surface area contributed by atoms with Crippen LogP contribution in [0.2, 0.25) is 0 Å². The molecule has 0 amide bonds. The van der Waals surface area contributed by atoms with Crippen molar-refractivity contribution >= 4 is 11.3 Å². The van der Waals surface area contributed by atoms with E-state index in [0.717, 1.165) is 24.8 Å². The summed E-state index contributed by atoms with van der Waals surface area (Å²) in [6.45, 7) is 2.07. The largest absolute Gasteiger partial charge is 0.381 e. The van der Waals surface area contributed by atoms with Gasteiger partial charge in [0.2, 0.25) is 0 Å². The first-order valence-corrected chi connectivity index (χ1v) is 5.54. The van der Waals surface area contributed by atoms with Gasteiger partial charge in [-0.2, -0.15) is 0 Å². The van der Waals surface area contributed by atoms with Crippen LogP contribution in [-0.2, 0) is 5.60 Å². The Morgan fingerprint density at radius 2 is 2.38 bits per heavy atom. The van der Waals surface area contributed by atoms with E-state index in [9.17, 15) is 5.11 Å². The van der Waals surface area contributed by atoms with Gasteiger partial charge in [0.1, 0.15) is 5.60 Å². The third-order valence-corrected chi connectivity index (χ3v) is 3.41. The SMILES string of the molecule is Cc1cc(C2(O)C=CCCC2)cs1. The maximum atomic E-state index is 10.3. The van der Waals surface area contributed by atoms with E-state index in [1.54, 1.807) is 11.3 Å². The first kappa shape index (κ1) is 8.97. The van der Waals surface area contributed by atoms with Gasteiger partial charge in [0, 0.05) is 4.88 Å². The smallest absolute Gasteiger partial charge is 0.109 e. The normalized spacial score (nSPS) is 27.8. The van der Waals surface area contributed by atoms with Crippen LogP contribution >= 0.6 is 11.3 Å². The lowest BCUT2D eigenvalue weighted by Gasteiger charge is -2.26. The monoisotopic (exact) mass is 194 g/mol. The maximum Gasteiger partial charge on any atom is 0.109 e. The molecule has 0 fully saturated rings. The molecule has 1 aliphatic carbocycles. The van der Waals surface area contributed by atoms with Crippen molar-refractivity contribution in [2.75, 3.05) is 0 Å². The molecule has 1 aromatic rings. The van der Waals surface area contributed by atoms with Gasteiger partial charge in [-0.25, -0.2) is 0 Å². The van der Waals surface area contributed by atoms with Gasteiger partial charge >= 0.3 is 0 Å². The molecule has 1 heterocycles. The van der Waals surface area contributed by atoms with Crippen LogP contribution in [0.25, 0.3) is 0 Å². The second kappa shape index (κ2) is 3.28. The Hall–Kier alpha value is -0.600. The van der Waals surface area contributed by atoms with Crippen LogP contribution in [0.5, 0.6) is 0 Å². The molecule has 70 valence electrons. The van der Waals surface area contributed by atoms with Gasteiger partial charge in [0.05, 0.1) is 0 Å². The molecule has 0 aromatic carbocycles. The third-order valence-electron chi connectivity index (χ3n) is 2.55. The molecule has 0 saturated heterocycles. The van der Waals surface area contributed by atoms with E-state index in [1.807, 2.05) is 6.08 Å². The standard InChI is InChI=1S/C11H14OS/c1-9-7-10(8-13-9)11(12)5-3-2-4-6-11/h3,5,7-8,12H,2,4,6H2,1H3. The number of aryl methyl sites for hydroxylation is 1. The average molecular weight is 194 g/mol. The maximum absolute atomic E-state index is 10.3. The zero-order chi connectivity index (χ0) is 9.31. The molecule has 0 bridgehead atoms. The third kappa shape index (κ3) is 1.69. The molecule has 0 aliphatic heterocycles. The van der Waals surface area contributed by atoms with Crippen LogP contribution in [0.15, 0.2) is 23.6 Å². The van der Waals surface area contributed by atoms with Crippen LogP contribution < -0.4 is 0 Å². The Labute approximate surface area is 82.7 Å². The predicted molar refractivity (Wildman–Crippen MR) is 55.9 cm³/mol. The van der Waals surface area contributed by atoms with Crippen molar-refractivity contribution in [2.45, 2.75) is 31.8 Å². The summed E-state index contributed by atoms with van der Waals surface area (Å²) in [5.41, 5.74) is 0.383. The summed E-state index contributed by atoms with van der Waals surface area (Å²) in [6, 6.07) is 2.08. The lowest BCUT2D eigenvalue weighted by Crippen LogP contribution is -2.23. The summed E-state index contributed by atoms with van der Waals surface area (Å²) in [4.78, 5) is 1.27. The van der Waals surface area contributed by atoms with Crippen molar-refractivity contribution in [3.8, 4) is 0 Å². The van der Waals surface area contributed by atoms with E-state index in [-0.39, 0.29) is 0 Å². The Kier molecular flexibility index (Phi) is 2.26. The van der Waals surface area contributed by atoms with Crippen LogP contribution in [0.3, 0.4) is 0 Å². The Balaban J connectivity index is 2.33. The second-order valence-electron chi connectivity index (χ2n) is 3.66. The van der Waals surface area contributed by atoms with Gasteiger partial charge in [0.15, 0.2) is 0 Å². The van der Waals surface area contributed by atoms with Crippen molar-refractivity contribution in [1.29, 1.82) is 0 Å². The minimum atomic E-state index is -0.678. The van der Waals surface area contributed by atoms with E-state index < -0.39 is 5.60 Å². The molecule has 0 radical (unpaired) electrons. The van der Waals surface area contributed by atoms with Gasteiger partial charge in [-0.05, 0) is 43.2 Å². The number of rotatable bonds is 1. The van der Waals surface area contributed by atoms with Gasteiger partial charge in [-0.3, -0.25) is 0 Å². The summed E-state index contributed by atoms with van der Waals surface area (Å²) < 4.78 is 0. The van der Waals surface area contributed by atoms with Crippen molar-refractivity contribution in [1.82, 2.24) is 0 Å². The number of hydrogen-bond donors (Lipinski definition) is 1. The quantitative estimate of drug-likeness (QED) is 0.681. The molecule has 1 atom stereocenters. The molecule has 1 nitrogen and oxygen atoms in total. The second-order valence-corrected chi connectivity index (χ2v) is 4.78. The Morgan fingerprint density at radius 1 is 1.54 bits per heavy atom. The highest BCUT2D eigenvalue weighted by Crippen LogP contribution is 2.34. The lowest BCUT2D eigenvalue weighted by molar-refractivity contribution is 0.0730. The van der Waals surface area contributed by atoms with E-state index >= 15 is 0 Å². The summed E-state index contributed by atoms with van der Waals surface area (Å²) in [6.07, 6.45) is 7.07. The first-order valence-electron chi connectivity index (χ1n) is 4.66. The Bertz CT molecular complexity index is 327. The first-order chi connectivity index (χ1) is 6.21. The van der Waals surface area contributed by atoms with Gasteiger partial charge in [-0.1, -0.05) is 12.2 Å². The van der Waals surface area contributed by atoms with Gasteiger partial charge in [0.25, 0.3) is 0 Å². The topological polar surface area (TPSA) is 20.2 Å². The molecule has 1 N–H and O–H groups in total. The zero-order valence-electron chi connectivity index (χ0n) is 7.79. The Morgan fingerprint density at radius 3 is 2.92 bits per heavy atom. The van der Waals surface area contributed by atoms with E-state index in [1.165, 1.54) is 4.88 Å². The fourth-order valence-electron chi connectivity index (χ4n) is 1.76. The van der Waals surface area contributed by atoms with Crippen LogP contribution in [0.4, 0.5) is 0 Å². The average Bonchev–Trinajstić information content (AvgIpc) is 2.54. The highest BCUT2D eigenvalue weighted by Gasteiger charge is 2.27. The zero-order valence-corrected chi connectivity index (χ0v) is 8.60. The van der Waals surface area contributed by atoms with Crippen molar-refractivity contribution < 1.29 is 5.11 Å². The molecule has 1 unspecified atom stereocenters. The summed E-state index contributed by atoms with van der Waals surface area (Å²) in [5.74, 6) is 0. The lowest BCUT2D eigenvalue weighted by atomic mass is 9.86. The number of hydrogen-bond acceptors (Lipinski definition) is 2. The van der Waals surface area contributed by atoms with Crippen molar-refractivity contribution in [2.24, 2.45) is 0 Å². The van der Waals surface area contributed by atoms with E-state index in [4.69, 9.17) is 0 Å². The predicted octanol–water partition coefficient (Wildman–Crippen LogP) is 2.98. The molecule has 1 aromatic heterocycles. The molecular weight excluding hydrogens is 180 g/mol. The summed E-state index contributed by atoms with van der Waals surface area (Å²) in [5, 5.41) is 12.3. The van der Waals surface area contributed by atoms with Gasteiger partial charge in [-0.15, -0.1) is 11.3 Å². The minimum absolute atomic E-state index is 0.678. The van der Waals surface area contributed by atoms with Crippen LogP contribution in [0.1, 0.15) is 29.7 Å². The molecule has 13 heavy (non-hydrogen) atoms. The van der Waals surface area contributed by atoms with E-state index in [0.29, 0.717) is 0 Å². The van der Waals surface area contributed by atoms with Crippen LogP contribution in [0, 0.1) is 6.92 Å². The minimum Gasteiger partial charge on any atom is -0.381 e. The number of allylic oxidation sites excluding steroid dienone is 1. The molecule has 0 saturated carbocycles. The summed E-state index contributed by atoms with van der Waals surface area (Å²) >= 11 is 1.70. The fraction of sp³-hybridized carbons (Fsp3) is 0.455. The van der Waals surface area contributed by atoms with Crippen molar-refractivity contribution in [3.05, 3.63) is 34.0 Å². The highest BCUT2D eigenvalue weighted by atomic mass is 32.1. The van der Waals surface area contributed by atoms with Crippen molar-refractivity contribution in [3.63, 3.8) is 0 Å². The van der Waals surface area contributed by atoms with Gasteiger partial charge < -0.3 is 5.11 Å². The number of aliphatic hydroxyl groups is 1. The number of thiophene rings is 1. The highest BCUT2D eigenvalue weighted by molar-refractivity contribution is 7.10. The van der Waals surface area contributed by atoms with Crippen LogP contribution in [-0.4, -0.2) is 5.11 Å². The molecule has 2 rings (SSSR count). The summed E-state index contributed by atoms with van der Waals surface area (Å²) in [7, 11) is 0. The molecular formula is C11H14OS. The molecule has 1 aliphatic rings. The fourth-order valence-corrected chi connectivity index (χ4v) is 2.54. The van der Waals surface area contributed by atoms with E-state index in [2.05, 4.69) is 24.4 Å². The molecule has 0 spiro atoms.